The van der Waals surface area contributed by atoms with Crippen molar-refractivity contribution >= 4 is 23.0 Å². The Kier molecular flexibility index (Phi) is 6.93. The molecule has 9 nitrogen and oxygen atoms in total. The van der Waals surface area contributed by atoms with E-state index in [0.717, 1.165) is 55.3 Å². The first-order valence-corrected chi connectivity index (χ1v) is 11.4. The number of carboxylic acid groups (broad SMARTS) is 1. The minimum Gasteiger partial charge on any atom is -0.475 e. The Morgan fingerprint density at radius 1 is 1.18 bits per heavy atom. The number of fused-ring (bicyclic) bond motifs is 1. The summed E-state index contributed by atoms with van der Waals surface area (Å²) in [5.74, 6) is -1.38. The van der Waals surface area contributed by atoms with E-state index in [1.807, 2.05) is 45.8 Å². The molecular formula is C21H22F3N7O2S. The molecule has 1 saturated heterocycles. The molecule has 0 spiro atoms. The summed E-state index contributed by atoms with van der Waals surface area (Å²) in [6.07, 6.45) is -1.12. The summed E-state index contributed by atoms with van der Waals surface area (Å²) in [6, 6.07) is 10.3. The van der Waals surface area contributed by atoms with Crippen molar-refractivity contribution in [2.45, 2.75) is 31.5 Å². The quantitative estimate of drug-likeness (QED) is 0.464. The van der Waals surface area contributed by atoms with E-state index in [9.17, 15) is 13.2 Å². The molecule has 13 heteroatoms. The third-order valence-corrected chi connectivity index (χ3v) is 6.39. The van der Waals surface area contributed by atoms with Crippen LogP contribution >= 0.6 is 11.3 Å². The fourth-order valence-corrected chi connectivity index (χ4v) is 4.54. The molecule has 0 amide bonds. The number of likely N-dealkylation sites (tertiary alicyclic amines) is 1. The van der Waals surface area contributed by atoms with Crippen LogP contribution in [0.15, 0.2) is 41.9 Å². The molecule has 4 aromatic heterocycles. The molecule has 0 atom stereocenters. The highest BCUT2D eigenvalue weighted by molar-refractivity contribution is 7.09. The van der Waals surface area contributed by atoms with Crippen LogP contribution in [0.1, 0.15) is 29.5 Å². The minimum atomic E-state index is -5.08. The monoisotopic (exact) mass is 493 g/mol. The van der Waals surface area contributed by atoms with Crippen molar-refractivity contribution in [3.8, 4) is 11.4 Å². The Hall–Kier alpha value is -3.32. The van der Waals surface area contributed by atoms with Gasteiger partial charge in [-0.2, -0.15) is 27.9 Å². The Bertz CT molecular complexity index is 1250. The van der Waals surface area contributed by atoms with Gasteiger partial charge in [0.2, 0.25) is 0 Å². The second kappa shape index (κ2) is 9.89. The number of aliphatic carboxylic acids is 1. The fraction of sp³-hybridized carbons (Fsp3) is 0.381. The second-order valence-corrected chi connectivity index (χ2v) is 8.85. The van der Waals surface area contributed by atoms with Gasteiger partial charge in [0.05, 0.1) is 5.69 Å². The van der Waals surface area contributed by atoms with Gasteiger partial charge in [0.1, 0.15) is 5.69 Å². The average Bonchev–Trinajstić information content (AvgIpc) is 3.55. The van der Waals surface area contributed by atoms with Gasteiger partial charge in [0.25, 0.3) is 0 Å². The van der Waals surface area contributed by atoms with Crippen LogP contribution in [0.5, 0.6) is 0 Å². The number of alkyl halides is 3. The maximum atomic E-state index is 10.6. The Morgan fingerprint density at radius 3 is 2.50 bits per heavy atom. The number of hydrogen-bond donors (Lipinski definition) is 1. The van der Waals surface area contributed by atoms with Gasteiger partial charge < -0.3 is 5.11 Å². The van der Waals surface area contributed by atoms with E-state index in [1.54, 1.807) is 6.20 Å². The lowest BCUT2D eigenvalue weighted by Crippen LogP contribution is -2.32. The largest absolute Gasteiger partial charge is 0.490 e. The highest BCUT2D eigenvalue weighted by Gasteiger charge is 2.38. The molecule has 4 aromatic rings. The average molecular weight is 494 g/mol. The van der Waals surface area contributed by atoms with Gasteiger partial charge in [-0.25, -0.2) is 4.79 Å². The Labute approximate surface area is 196 Å². The minimum absolute atomic E-state index is 0.397. The van der Waals surface area contributed by atoms with Crippen LogP contribution in [0, 0.1) is 0 Å². The van der Waals surface area contributed by atoms with Gasteiger partial charge in [-0.05, 0) is 55.6 Å². The Balaban J connectivity index is 0.000000344. The zero-order valence-electron chi connectivity index (χ0n) is 18.2. The molecule has 0 aromatic carbocycles. The van der Waals surface area contributed by atoms with Crippen LogP contribution in [-0.4, -0.2) is 64.8 Å². The van der Waals surface area contributed by atoms with Crippen LogP contribution in [0.25, 0.3) is 17.0 Å². The number of halogens is 3. The van der Waals surface area contributed by atoms with Crippen LogP contribution in [-0.2, 0) is 18.4 Å². The summed E-state index contributed by atoms with van der Waals surface area (Å²) < 4.78 is 35.5. The first kappa shape index (κ1) is 23.8. The number of aryl methyl sites for hydroxylation is 1. The van der Waals surface area contributed by atoms with E-state index in [-0.39, 0.29) is 0 Å². The lowest BCUT2D eigenvalue weighted by molar-refractivity contribution is -0.192. The molecule has 0 radical (unpaired) electrons. The molecule has 1 aliphatic heterocycles. The van der Waals surface area contributed by atoms with E-state index < -0.39 is 12.1 Å². The summed E-state index contributed by atoms with van der Waals surface area (Å²) in [5, 5.41) is 27.1. The van der Waals surface area contributed by atoms with E-state index in [2.05, 4.69) is 37.7 Å². The maximum absolute atomic E-state index is 10.6. The smallest absolute Gasteiger partial charge is 0.475 e. The van der Waals surface area contributed by atoms with Gasteiger partial charge >= 0.3 is 12.1 Å². The van der Waals surface area contributed by atoms with E-state index in [4.69, 9.17) is 15.0 Å². The summed E-state index contributed by atoms with van der Waals surface area (Å²) >= 11 is 1.83. The van der Waals surface area contributed by atoms with Crippen LogP contribution < -0.4 is 0 Å². The number of rotatable bonds is 4. The van der Waals surface area contributed by atoms with Crippen molar-refractivity contribution < 1.29 is 23.1 Å². The number of carboxylic acids is 1. The SMILES string of the molecule is Cn1nccc1-c1ccc2nnc(C3CCN(Cc4cccs4)CC3)n2n1.O=C(O)C(F)(F)F. The highest BCUT2D eigenvalue weighted by atomic mass is 32.1. The van der Waals surface area contributed by atoms with Crippen molar-refractivity contribution in [1.29, 1.82) is 0 Å². The second-order valence-electron chi connectivity index (χ2n) is 7.82. The molecule has 34 heavy (non-hydrogen) atoms. The molecule has 0 saturated carbocycles. The van der Waals surface area contributed by atoms with Crippen LogP contribution in [0.3, 0.4) is 0 Å². The molecule has 0 aliphatic carbocycles. The highest BCUT2D eigenvalue weighted by Crippen LogP contribution is 2.28. The molecule has 5 rings (SSSR count). The maximum Gasteiger partial charge on any atom is 0.490 e. The predicted molar refractivity (Wildman–Crippen MR) is 118 cm³/mol. The van der Waals surface area contributed by atoms with Crippen molar-refractivity contribution in [3.63, 3.8) is 0 Å². The number of carbonyl (C=O) groups is 1. The molecule has 1 N–H and O–H groups in total. The molecule has 5 heterocycles. The first-order chi connectivity index (χ1) is 16.2. The van der Waals surface area contributed by atoms with Crippen LogP contribution in [0.4, 0.5) is 13.2 Å². The van der Waals surface area contributed by atoms with Gasteiger partial charge in [0, 0.05) is 30.6 Å². The summed E-state index contributed by atoms with van der Waals surface area (Å²) in [6.45, 7) is 3.21. The van der Waals surface area contributed by atoms with Gasteiger partial charge in [0.15, 0.2) is 11.5 Å². The zero-order chi connectivity index (χ0) is 24.3. The lowest BCUT2D eigenvalue weighted by atomic mass is 9.96. The van der Waals surface area contributed by atoms with Gasteiger partial charge in [-0.1, -0.05) is 6.07 Å². The third-order valence-electron chi connectivity index (χ3n) is 5.53. The Morgan fingerprint density at radius 2 is 1.91 bits per heavy atom. The number of piperidine rings is 1. The standard InChI is InChI=1S/C19H21N7S.C2HF3O2/c1-24-17(6-9-20-24)16-4-5-18-21-22-19(26(18)23-16)14-7-10-25(11-8-14)13-15-3-2-12-27-15;3-2(4,5)1(6)7/h2-6,9,12,14H,7-8,10-11,13H2,1H3;(H,6,7). The van der Waals surface area contributed by atoms with E-state index >= 15 is 0 Å². The van der Waals surface area contributed by atoms with Crippen molar-refractivity contribution in [3.05, 3.63) is 52.6 Å². The molecule has 180 valence electrons. The lowest BCUT2D eigenvalue weighted by Gasteiger charge is -2.30. The number of aromatic nitrogens is 6. The summed E-state index contributed by atoms with van der Waals surface area (Å²) in [4.78, 5) is 12.9. The predicted octanol–water partition coefficient (Wildman–Crippen LogP) is 3.60. The third kappa shape index (κ3) is 5.42. The van der Waals surface area contributed by atoms with Crippen molar-refractivity contribution in [1.82, 2.24) is 34.5 Å². The number of hydrogen-bond acceptors (Lipinski definition) is 7. The number of thiophene rings is 1. The van der Waals surface area contributed by atoms with Gasteiger partial charge in [-0.3, -0.25) is 9.58 Å². The topological polar surface area (TPSA) is 101 Å². The molecular weight excluding hydrogens is 471 g/mol. The zero-order valence-corrected chi connectivity index (χ0v) is 19.0. The van der Waals surface area contributed by atoms with E-state index in [1.165, 1.54) is 4.88 Å². The molecule has 0 bridgehead atoms. The van der Waals surface area contributed by atoms with Gasteiger partial charge in [-0.15, -0.1) is 21.5 Å². The molecule has 1 fully saturated rings. The summed E-state index contributed by atoms with van der Waals surface area (Å²) in [5.41, 5.74) is 2.68. The first-order valence-electron chi connectivity index (χ1n) is 10.5. The number of nitrogens with zero attached hydrogens (tertiary/aromatic N) is 7. The van der Waals surface area contributed by atoms with E-state index in [0.29, 0.717) is 5.92 Å². The fourth-order valence-electron chi connectivity index (χ4n) is 3.79. The van der Waals surface area contributed by atoms with Crippen molar-refractivity contribution in [2.24, 2.45) is 7.05 Å². The molecule has 0 unspecified atom stereocenters. The normalized spacial score (nSPS) is 15.3. The molecule has 1 aliphatic rings. The summed E-state index contributed by atoms with van der Waals surface area (Å²) in [7, 11) is 1.93. The van der Waals surface area contributed by atoms with Crippen molar-refractivity contribution in [2.75, 3.05) is 13.1 Å². The van der Waals surface area contributed by atoms with Crippen LogP contribution in [0.2, 0.25) is 0 Å².